The summed E-state index contributed by atoms with van der Waals surface area (Å²) in [6, 6.07) is 7.72. The average Bonchev–Trinajstić information content (AvgIpc) is 2.30. The van der Waals surface area contributed by atoms with Crippen LogP contribution < -0.4 is 4.90 Å². The first-order valence-corrected chi connectivity index (χ1v) is 5.80. The molecule has 0 N–H and O–H groups in total. The number of carbonyl (C=O) groups excluding carboxylic acids is 1. The van der Waals surface area contributed by atoms with Gasteiger partial charge in [0, 0.05) is 24.3 Å². The highest BCUT2D eigenvalue weighted by molar-refractivity contribution is 7.97. The predicted octanol–water partition coefficient (Wildman–Crippen LogP) is 2.75. The maximum atomic E-state index is 11.1. The first kappa shape index (κ1) is 10.6. The lowest BCUT2D eigenvalue weighted by Crippen LogP contribution is -2.29. The average molecular weight is 221 g/mol. The van der Waals surface area contributed by atoms with Gasteiger partial charge in [-0.15, -0.1) is 12.6 Å². The van der Waals surface area contributed by atoms with E-state index in [4.69, 9.17) is 0 Å². The van der Waals surface area contributed by atoms with Crippen molar-refractivity contribution < 1.29 is 4.79 Å². The molecule has 1 aromatic carbocycles. The Kier molecular flexibility index (Phi) is 3.31. The van der Waals surface area contributed by atoms with E-state index in [1.54, 1.807) is 0 Å². The minimum atomic E-state index is -0.158. The molecule has 0 bridgehead atoms. The van der Waals surface area contributed by atoms with E-state index in [0.717, 1.165) is 18.8 Å². The lowest BCUT2D eigenvalue weighted by Gasteiger charge is -2.28. The minimum Gasteiger partial charge on any atom is -0.372 e. The fraction of sp³-hybridized carbons (Fsp3) is 0.417. The molecule has 15 heavy (non-hydrogen) atoms. The zero-order chi connectivity index (χ0) is 10.7. The highest BCUT2D eigenvalue weighted by Gasteiger charge is 2.11. The van der Waals surface area contributed by atoms with Crippen LogP contribution in [0.1, 0.15) is 29.6 Å². The van der Waals surface area contributed by atoms with Crippen molar-refractivity contribution in [2.75, 3.05) is 18.0 Å². The third-order valence-corrected chi connectivity index (χ3v) is 3.07. The molecule has 0 unspecified atom stereocenters. The smallest absolute Gasteiger partial charge is 0.216 e. The number of benzene rings is 1. The summed E-state index contributed by atoms with van der Waals surface area (Å²) in [5.41, 5.74) is 1.83. The Bertz CT molecular complexity index is 358. The molecule has 1 aromatic rings. The first-order valence-electron chi connectivity index (χ1n) is 5.36. The highest BCUT2D eigenvalue weighted by atomic mass is 32.1. The fourth-order valence-electron chi connectivity index (χ4n) is 1.99. The van der Waals surface area contributed by atoms with E-state index < -0.39 is 0 Å². The molecule has 1 aliphatic heterocycles. The molecule has 0 spiro atoms. The van der Waals surface area contributed by atoms with E-state index in [9.17, 15) is 4.79 Å². The maximum absolute atomic E-state index is 11.1. The zero-order valence-corrected chi connectivity index (χ0v) is 9.54. The minimum absolute atomic E-state index is 0.158. The number of hydrogen-bond donors (Lipinski definition) is 1. The van der Waals surface area contributed by atoms with Gasteiger partial charge in [-0.1, -0.05) is 12.1 Å². The van der Waals surface area contributed by atoms with Crippen molar-refractivity contribution >= 4 is 23.4 Å². The molecule has 0 saturated carbocycles. The molecule has 80 valence electrons. The maximum Gasteiger partial charge on any atom is 0.216 e. The van der Waals surface area contributed by atoms with Crippen LogP contribution in [0, 0.1) is 0 Å². The number of anilines is 1. The van der Waals surface area contributed by atoms with Crippen molar-refractivity contribution in [3.8, 4) is 0 Å². The van der Waals surface area contributed by atoms with Gasteiger partial charge >= 0.3 is 0 Å². The first-order chi connectivity index (χ1) is 7.27. The number of hydrogen-bond acceptors (Lipinski definition) is 2. The van der Waals surface area contributed by atoms with E-state index in [1.807, 2.05) is 18.2 Å². The molecule has 2 rings (SSSR count). The molecule has 3 heteroatoms. The highest BCUT2D eigenvalue weighted by Crippen LogP contribution is 2.21. The summed E-state index contributed by atoms with van der Waals surface area (Å²) in [5, 5.41) is -0.158. The molecule has 0 atom stereocenters. The second kappa shape index (κ2) is 4.71. The zero-order valence-electron chi connectivity index (χ0n) is 8.65. The van der Waals surface area contributed by atoms with Gasteiger partial charge in [0.2, 0.25) is 5.12 Å². The van der Waals surface area contributed by atoms with Crippen LogP contribution in [0.5, 0.6) is 0 Å². The summed E-state index contributed by atoms with van der Waals surface area (Å²) < 4.78 is 0. The molecule has 1 saturated heterocycles. The molecule has 1 aliphatic rings. The summed E-state index contributed by atoms with van der Waals surface area (Å²) in [6.07, 6.45) is 3.82. The molecule has 0 aromatic heterocycles. The van der Waals surface area contributed by atoms with Gasteiger partial charge in [0.25, 0.3) is 0 Å². The van der Waals surface area contributed by atoms with E-state index in [2.05, 4.69) is 23.6 Å². The van der Waals surface area contributed by atoms with Gasteiger partial charge in [-0.05, 0) is 31.4 Å². The quantitative estimate of drug-likeness (QED) is 0.775. The molecule has 2 nitrogen and oxygen atoms in total. The number of carbonyl (C=O) groups is 1. The Morgan fingerprint density at radius 3 is 2.60 bits per heavy atom. The van der Waals surface area contributed by atoms with E-state index >= 15 is 0 Å². The van der Waals surface area contributed by atoms with Crippen LogP contribution in [0.25, 0.3) is 0 Å². The molecule has 1 fully saturated rings. The van der Waals surface area contributed by atoms with E-state index in [0.29, 0.717) is 5.56 Å². The molecular weight excluding hydrogens is 206 g/mol. The Hall–Kier alpha value is -0.960. The van der Waals surface area contributed by atoms with Crippen molar-refractivity contribution in [3.63, 3.8) is 0 Å². The number of piperidine rings is 1. The van der Waals surface area contributed by atoms with Crippen molar-refractivity contribution in [1.29, 1.82) is 0 Å². The Balaban J connectivity index is 2.19. The SMILES string of the molecule is O=C(S)c1cccc(N2CCCCC2)c1. The monoisotopic (exact) mass is 221 g/mol. The molecule has 1 heterocycles. The third-order valence-electron chi connectivity index (χ3n) is 2.81. The van der Waals surface area contributed by atoms with Crippen molar-refractivity contribution in [3.05, 3.63) is 29.8 Å². The predicted molar refractivity (Wildman–Crippen MR) is 65.8 cm³/mol. The summed E-state index contributed by atoms with van der Waals surface area (Å²) >= 11 is 3.84. The van der Waals surface area contributed by atoms with Gasteiger partial charge < -0.3 is 4.90 Å². The van der Waals surface area contributed by atoms with Crippen LogP contribution in [0.2, 0.25) is 0 Å². The topological polar surface area (TPSA) is 20.3 Å². The largest absolute Gasteiger partial charge is 0.372 e. The van der Waals surface area contributed by atoms with Gasteiger partial charge in [0.1, 0.15) is 0 Å². The summed E-state index contributed by atoms with van der Waals surface area (Å²) in [7, 11) is 0. The normalized spacial score (nSPS) is 16.5. The molecule has 0 radical (unpaired) electrons. The van der Waals surface area contributed by atoms with Crippen molar-refractivity contribution in [2.24, 2.45) is 0 Å². The van der Waals surface area contributed by atoms with Gasteiger partial charge in [-0.3, -0.25) is 4.79 Å². The van der Waals surface area contributed by atoms with Crippen LogP contribution in [0.3, 0.4) is 0 Å². The van der Waals surface area contributed by atoms with E-state index in [1.165, 1.54) is 19.3 Å². The Labute approximate surface area is 95.7 Å². The molecular formula is C12H15NOS. The number of rotatable bonds is 2. The standard InChI is InChI=1S/C12H15NOS/c14-12(15)10-5-4-6-11(9-10)13-7-2-1-3-8-13/h4-6,9H,1-3,7-8H2,(H,14,15). The number of nitrogens with zero attached hydrogens (tertiary/aromatic N) is 1. The number of thiol groups is 1. The van der Waals surface area contributed by atoms with Crippen LogP contribution >= 0.6 is 12.6 Å². The Morgan fingerprint density at radius 2 is 1.93 bits per heavy atom. The second-order valence-electron chi connectivity index (χ2n) is 3.90. The van der Waals surface area contributed by atoms with Crippen molar-refractivity contribution in [2.45, 2.75) is 19.3 Å². The summed E-state index contributed by atoms with van der Waals surface area (Å²) in [6.45, 7) is 2.20. The van der Waals surface area contributed by atoms with Crippen LogP contribution in [0.15, 0.2) is 24.3 Å². The van der Waals surface area contributed by atoms with Gasteiger partial charge in [-0.2, -0.15) is 0 Å². The second-order valence-corrected chi connectivity index (χ2v) is 4.31. The van der Waals surface area contributed by atoms with E-state index in [-0.39, 0.29) is 5.12 Å². The Morgan fingerprint density at radius 1 is 1.20 bits per heavy atom. The lowest BCUT2D eigenvalue weighted by molar-refractivity contribution is 0.109. The summed E-state index contributed by atoms with van der Waals surface area (Å²) in [4.78, 5) is 13.5. The van der Waals surface area contributed by atoms with Gasteiger partial charge in [0.15, 0.2) is 0 Å². The molecule has 0 amide bonds. The van der Waals surface area contributed by atoms with Crippen molar-refractivity contribution in [1.82, 2.24) is 0 Å². The van der Waals surface area contributed by atoms with Gasteiger partial charge in [-0.25, -0.2) is 0 Å². The summed E-state index contributed by atoms with van der Waals surface area (Å²) in [5.74, 6) is 0. The lowest BCUT2D eigenvalue weighted by atomic mass is 10.1. The fourth-order valence-corrected chi connectivity index (χ4v) is 2.13. The van der Waals surface area contributed by atoms with Gasteiger partial charge in [0.05, 0.1) is 0 Å². The third kappa shape index (κ3) is 2.53. The van der Waals surface area contributed by atoms with Crippen LogP contribution in [0.4, 0.5) is 5.69 Å². The van der Waals surface area contributed by atoms with Crippen LogP contribution in [-0.4, -0.2) is 18.2 Å². The van der Waals surface area contributed by atoms with Crippen LogP contribution in [-0.2, 0) is 0 Å². The molecule has 0 aliphatic carbocycles.